The maximum atomic E-state index is 13.8. The van der Waals surface area contributed by atoms with Crippen molar-refractivity contribution in [3.05, 3.63) is 47.2 Å². The minimum atomic E-state index is -4.54. The van der Waals surface area contributed by atoms with Gasteiger partial charge in [-0.3, -0.25) is 4.99 Å². The van der Waals surface area contributed by atoms with E-state index in [9.17, 15) is 18.0 Å². The fourth-order valence-electron chi connectivity index (χ4n) is 4.08. The average Bonchev–Trinajstić information content (AvgIpc) is 2.84. The Morgan fingerprint density at radius 3 is 2.42 bits per heavy atom. The number of halogens is 4. The van der Waals surface area contributed by atoms with Gasteiger partial charge in [0, 0.05) is 30.3 Å². The molecule has 1 N–H and O–H groups in total. The molecular weight excluding hydrogens is 616 g/mol. The Morgan fingerprint density at radius 2 is 1.87 bits per heavy atom. The number of amides is 1. The highest BCUT2D eigenvalue weighted by Crippen LogP contribution is 2.33. The molecule has 1 aromatic carbocycles. The number of allylic oxidation sites excluding steroid dienone is 1. The van der Waals surface area contributed by atoms with Crippen molar-refractivity contribution in [2.24, 2.45) is 9.98 Å². The van der Waals surface area contributed by atoms with Gasteiger partial charge in [0.15, 0.2) is 17.5 Å². The van der Waals surface area contributed by atoms with E-state index in [1.54, 1.807) is 43.9 Å². The fraction of sp³-hybridized carbons (Fsp3) is 0.500. The zero-order valence-corrected chi connectivity index (χ0v) is 24.3. The highest BCUT2D eigenvalue weighted by atomic mass is 127. The van der Waals surface area contributed by atoms with Crippen molar-refractivity contribution >= 4 is 40.5 Å². The lowest BCUT2D eigenvalue weighted by Gasteiger charge is -2.34. The van der Waals surface area contributed by atoms with Gasteiger partial charge in [-0.05, 0) is 57.9 Å². The molecule has 2 heterocycles. The van der Waals surface area contributed by atoms with Gasteiger partial charge in [-0.2, -0.15) is 13.2 Å². The minimum Gasteiger partial charge on any atom is -0.493 e. The molecule has 12 heteroatoms. The smallest absolute Gasteiger partial charge is 0.411 e. The number of benzene rings is 1. The number of hydrogen-bond donors (Lipinski definition) is 1. The standard InChI is InChI=1S/C26H32F3IN4O4/c1-15-11-17(9-10-34(15)24(35)38-25(2,3)4)19(33-30)14-23-31-18(13-22(32-23)26(27,28)29)16-7-8-20(36-5)21(12-16)37-6/h7-8,11-12,14-15,22,33H,9-10,13H2,1-6H3. The number of hydrogen-bond acceptors (Lipinski definition) is 7. The van der Waals surface area contributed by atoms with Crippen LogP contribution < -0.4 is 13.0 Å². The maximum Gasteiger partial charge on any atom is 0.411 e. The summed E-state index contributed by atoms with van der Waals surface area (Å²) in [5, 5.41) is 0. The van der Waals surface area contributed by atoms with E-state index in [1.165, 1.54) is 20.3 Å². The number of aliphatic imine (C=N–C) groups is 2. The maximum absolute atomic E-state index is 13.8. The van der Waals surface area contributed by atoms with E-state index in [-0.39, 0.29) is 17.6 Å². The monoisotopic (exact) mass is 648 g/mol. The summed E-state index contributed by atoms with van der Waals surface area (Å²) >= 11 is 1.93. The van der Waals surface area contributed by atoms with Crippen LogP contribution >= 0.6 is 22.9 Å². The van der Waals surface area contributed by atoms with Gasteiger partial charge in [-0.15, -0.1) is 0 Å². The van der Waals surface area contributed by atoms with Crippen molar-refractivity contribution in [2.45, 2.75) is 64.4 Å². The lowest BCUT2D eigenvalue weighted by atomic mass is 9.99. The zero-order chi connectivity index (χ0) is 28.3. The highest BCUT2D eigenvalue weighted by Gasteiger charge is 2.42. The van der Waals surface area contributed by atoms with Crippen LogP contribution in [-0.2, 0) is 4.74 Å². The lowest BCUT2D eigenvalue weighted by Crippen LogP contribution is -2.44. The molecular formula is C26H32F3IN4O4. The zero-order valence-electron chi connectivity index (χ0n) is 22.1. The number of nitrogens with zero attached hydrogens (tertiary/aromatic N) is 3. The molecule has 0 bridgehead atoms. The largest absolute Gasteiger partial charge is 0.493 e. The molecule has 0 saturated heterocycles. The molecule has 0 radical (unpaired) electrons. The first-order chi connectivity index (χ1) is 17.7. The van der Waals surface area contributed by atoms with Crippen LogP contribution in [0.1, 0.15) is 46.1 Å². The Bertz CT molecular complexity index is 1170. The molecule has 2 aliphatic rings. The first-order valence-electron chi connectivity index (χ1n) is 12.0. The molecule has 2 atom stereocenters. The topological polar surface area (TPSA) is 84.8 Å². The number of alkyl halides is 3. The average molecular weight is 648 g/mol. The number of carbonyl (C=O) groups excluding carboxylic acids is 1. The Kier molecular flexibility index (Phi) is 9.37. The van der Waals surface area contributed by atoms with Crippen molar-refractivity contribution in [2.75, 3.05) is 20.8 Å². The number of nitrogens with one attached hydrogen (secondary N) is 1. The lowest BCUT2D eigenvalue weighted by molar-refractivity contribution is -0.145. The molecule has 38 heavy (non-hydrogen) atoms. The van der Waals surface area contributed by atoms with E-state index in [0.29, 0.717) is 35.7 Å². The van der Waals surface area contributed by atoms with E-state index < -0.39 is 30.3 Å². The third kappa shape index (κ3) is 7.41. The van der Waals surface area contributed by atoms with Crippen molar-refractivity contribution in [3.63, 3.8) is 0 Å². The summed E-state index contributed by atoms with van der Waals surface area (Å²) in [5.41, 5.74) is 1.52. The summed E-state index contributed by atoms with van der Waals surface area (Å²) in [6, 6.07) is 2.67. The molecule has 8 nitrogen and oxygen atoms in total. The highest BCUT2D eigenvalue weighted by molar-refractivity contribution is 14.1. The predicted molar refractivity (Wildman–Crippen MR) is 148 cm³/mol. The third-order valence-corrected chi connectivity index (χ3v) is 6.51. The van der Waals surface area contributed by atoms with Gasteiger partial charge in [0.1, 0.15) is 11.4 Å². The van der Waals surface area contributed by atoms with Gasteiger partial charge in [0.05, 0.1) is 48.8 Å². The Morgan fingerprint density at radius 1 is 1.18 bits per heavy atom. The second-order valence-electron chi connectivity index (χ2n) is 9.89. The van der Waals surface area contributed by atoms with E-state index >= 15 is 0 Å². The first-order valence-corrected chi connectivity index (χ1v) is 13.1. The summed E-state index contributed by atoms with van der Waals surface area (Å²) in [6.07, 6.45) is -1.48. The van der Waals surface area contributed by atoms with E-state index in [4.69, 9.17) is 14.2 Å². The molecule has 0 spiro atoms. The quantitative estimate of drug-likeness (QED) is 0.302. The fourth-order valence-corrected chi connectivity index (χ4v) is 4.58. The van der Waals surface area contributed by atoms with Crippen LogP contribution in [0.25, 0.3) is 0 Å². The van der Waals surface area contributed by atoms with Gasteiger partial charge >= 0.3 is 12.3 Å². The molecule has 2 aliphatic heterocycles. The van der Waals surface area contributed by atoms with Crippen LogP contribution in [-0.4, -0.2) is 67.2 Å². The number of carbonyl (C=O) groups is 1. The molecule has 208 valence electrons. The molecule has 2 unspecified atom stereocenters. The van der Waals surface area contributed by atoms with Gasteiger partial charge in [0.2, 0.25) is 0 Å². The Labute approximate surface area is 234 Å². The molecule has 1 aromatic rings. The van der Waals surface area contributed by atoms with Crippen LogP contribution in [0.15, 0.2) is 51.6 Å². The minimum absolute atomic E-state index is 0.0503. The van der Waals surface area contributed by atoms with Crippen LogP contribution in [0.3, 0.4) is 0 Å². The van der Waals surface area contributed by atoms with Crippen molar-refractivity contribution in [3.8, 4) is 11.5 Å². The second kappa shape index (κ2) is 12.0. The molecule has 0 aromatic heterocycles. The number of ether oxygens (including phenoxy) is 3. The number of methoxy groups -OCH3 is 2. The van der Waals surface area contributed by atoms with Gasteiger partial charge in [-0.25, -0.2) is 9.79 Å². The van der Waals surface area contributed by atoms with Gasteiger partial charge in [0.25, 0.3) is 0 Å². The number of rotatable bonds is 6. The number of amidine groups is 1. The third-order valence-electron chi connectivity index (χ3n) is 5.92. The van der Waals surface area contributed by atoms with E-state index in [0.717, 1.165) is 5.57 Å². The second-order valence-corrected chi connectivity index (χ2v) is 10.4. The van der Waals surface area contributed by atoms with E-state index in [2.05, 4.69) is 13.5 Å². The van der Waals surface area contributed by atoms with Crippen LogP contribution in [0.2, 0.25) is 0 Å². The van der Waals surface area contributed by atoms with Crippen LogP contribution in [0, 0.1) is 0 Å². The summed E-state index contributed by atoms with van der Waals surface area (Å²) in [5.74, 6) is 0.802. The normalized spacial score (nSPS) is 20.7. The van der Waals surface area contributed by atoms with Crippen LogP contribution in [0.4, 0.5) is 18.0 Å². The molecule has 0 aliphatic carbocycles. The van der Waals surface area contributed by atoms with Crippen molar-refractivity contribution in [1.82, 2.24) is 8.43 Å². The van der Waals surface area contributed by atoms with Crippen molar-refractivity contribution in [1.29, 1.82) is 0 Å². The molecule has 3 rings (SSSR count). The molecule has 0 fully saturated rings. The molecule has 0 saturated carbocycles. The Balaban J connectivity index is 1.95. The van der Waals surface area contributed by atoms with Gasteiger partial charge in [-0.1, -0.05) is 6.08 Å². The van der Waals surface area contributed by atoms with Gasteiger partial charge < -0.3 is 22.6 Å². The SMILES string of the molecule is COc1ccc(C2=NC(C=C(NI)C3=CC(C)N(C(=O)OC(C)(C)C)CC3)=NC(C(F)(F)F)C2)cc1OC. The first kappa shape index (κ1) is 29.8. The predicted octanol–water partition coefficient (Wildman–Crippen LogP) is 6.01. The summed E-state index contributed by atoms with van der Waals surface area (Å²) in [7, 11) is 2.94. The van der Waals surface area contributed by atoms with Crippen LogP contribution in [0.5, 0.6) is 11.5 Å². The Hall–Kier alpha value is -2.77. The summed E-state index contributed by atoms with van der Waals surface area (Å²) in [6.45, 7) is 7.67. The summed E-state index contributed by atoms with van der Waals surface area (Å²) in [4.78, 5) is 22.5. The van der Waals surface area contributed by atoms with Crippen molar-refractivity contribution < 1.29 is 32.2 Å². The molecule has 1 amide bonds. The van der Waals surface area contributed by atoms with E-state index in [1.807, 2.05) is 35.9 Å². The summed E-state index contributed by atoms with van der Waals surface area (Å²) < 4.78 is 60.5.